The molecule has 1 fully saturated rings. The van der Waals surface area contributed by atoms with E-state index in [1.54, 1.807) is 0 Å². The summed E-state index contributed by atoms with van der Waals surface area (Å²) in [6, 6.07) is 7.68. The normalized spacial score (nSPS) is 19.1. The van der Waals surface area contributed by atoms with Crippen molar-refractivity contribution in [3.63, 3.8) is 0 Å². The smallest absolute Gasteiger partial charge is 0.170 e. The van der Waals surface area contributed by atoms with E-state index in [0.29, 0.717) is 0 Å². The fraction of sp³-hybridized carbons (Fsp3) is 0.462. The molecule has 0 saturated carbocycles. The molecular formula is C13H19N3O2. The van der Waals surface area contributed by atoms with Crippen molar-refractivity contribution in [2.75, 3.05) is 13.1 Å². The van der Waals surface area contributed by atoms with E-state index in [9.17, 15) is 5.11 Å². The van der Waals surface area contributed by atoms with Gasteiger partial charge >= 0.3 is 0 Å². The lowest BCUT2D eigenvalue weighted by molar-refractivity contribution is 0.0792. The number of piperidine rings is 1. The molecule has 2 rings (SSSR count). The zero-order chi connectivity index (χ0) is 13.0. The minimum absolute atomic E-state index is 0.130. The van der Waals surface area contributed by atoms with Crippen LogP contribution in [0.25, 0.3) is 0 Å². The molecule has 0 unspecified atom stereocenters. The van der Waals surface area contributed by atoms with Crippen molar-refractivity contribution in [2.24, 2.45) is 10.9 Å². The first-order chi connectivity index (χ1) is 8.69. The molecule has 5 nitrogen and oxygen atoms in total. The molecule has 0 amide bonds. The van der Waals surface area contributed by atoms with Gasteiger partial charge in [0, 0.05) is 25.2 Å². The van der Waals surface area contributed by atoms with E-state index >= 15 is 0 Å². The number of benzene rings is 1. The van der Waals surface area contributed by atoms with Gasteiger partial charge in [0.2, 0.25) is 0 Å². The van der Waals surface area contributed by atoms with Crippen molar-refractivity contribution >= 4 is 5.84 Å². The summed E-state index contributed by atoms with van der Waals surface area (Å²) < 4.78 is 0. The minimum atomic E-state index is -0.148. The Labute approximate surface area is 107 Å². The van der Waals surface area contributed by atoms with E-state index in [0.717, 1.165) is 43.6 Å². The van der Waals surface area contributed by atoms with Crippen LogP contribution < -0.4 is 5.73 Å². The Morgan fingerprint density at radius 3 is 2.78 bits per heavy atom. The van der Waals surface area contributed by atoms with E-state index in [1.807, 2.05) is 24.3 Å². The number of hydrogen-bond donors (Lipinski definition) is 3. The Hall–Kier alpha value is -1.59. The van der Waals surface area contributed by atoms with Crippen LogP contribution in [0.15, 0.2) is 29.4 Å². The van der Waals surface area contributed by atoms with Gasteiger partial charge in [0.25, 0.3) is 0 Å². The lowest BCUT2D eigenvalue weighted by atomic mass is 10.1. The number of amidine groups is 1. The van der Waals surface area contributed by atoms with E-state index in [-0.39, 0.29) is 11.9 Å². The molecule has 0 atom stereocenters. The molecule has 1 aromatic rings. The molecule has 0 bridgehead atoms. The third-order valence-electron chi connectivity index (χ3n) is 3.29. The first-order valence-corrected chi connectivity index (χ1v) is 6.16. The molecule has 0 radical (unpaired) electrons. The van der Waals surface area contributed by atoms with Crippen LogP contribution >= 0.6 is 0 Å². The highest BCUT2D eigenvalue weighted by Crippen LogP contribution is 2.14. The average Bonchev–Trinajstić information content (AvgIpc) is 2.41. The highest BCUT2D eigenvalue weighted by Gasteiger charge is 2.16. The molecule has 98 valence electrons. The second-order valence-corrected chi connectivity index (χ2v) is 4.69. The molecular weight excluding hydrogens is 230 g/mol. The molecule has 1 aliphatic heterocycles. The Balaban J connectivity index is 2.01. The van der Waals surface area contributed by atoms with Gasteiger partial charge in [-0.15, -0.1) is 0 Å². The Bertz CT molecular complexity index is 426. The number of nitrogens with zero attached hydrogens (tertiary/aromatic N) is 2. The summed E-state index contributed by atoms with van der Waals surface area (Å²) in [6.07, 6.45) is 1.52. The lowest BCUT2D eigenvalue weighted by Crippen LogP contribution is -2.35. The monoisotopic (exact) mass is 249 g/mol. The summed E-state index contributed by atoms with van der Waals surface area (Å²) in [7, 11) is 0. The van der Waals surface area contributed by atoms with Crippen molar-refractivity contribution in [3.8, 4) is 0 Å². The average molecular weight is 249 g/mol. The van der Waals surface area contributed by atoms with E-state index in [4.69, 9.17) is 10.9 Å². The fourth-order valence-electron chi connectivity index (χ4n) is 2.22. The van der Waals surface area contributed by atoms with Crippen LogP contribution in [0, 0.1) is 0 Å². The van der Waals surface area contributed by atoms with Crippen LogP contribution in [0.3, 0.4) is 0 Å². The molecule has 0 spiro atoms. The van der Waals surface area contributed by atoms with Gasteiger partial charge in [-0.3, -0.25) is 4.90 Å². The number of hydrogen-bond acceptors (Lipinski definition) is 4. The van der Waals surface area contributed by atoms with Gasteiger partial charge in [-0.2, -0.15) is 0 Å². The summed E-state index contributed by atoms with van der Waals surface area (Å²) in [5.41, 5.74) is 7.43. The first-order valence-electron chi connectivity index (χ1n) is 6.16. The number of rotatable bonds is 3. The van der Waals surface area contributed by atoms with Gasteiger partial charge in [-0.1, -0.05) is 23.4 Å². The summed E-state index contributed by atoms with van der Waals surface area (Å²) in [5.74, 6) is 0.130. The van der Waals surface area contributed by atoms with Crippen molar-refractivity contribution in [1.29, 1.82) is 0 Å². The molecule has 5 heteroatoms. The number of likely N-dealkylation sites (tertiary alicyclic amines) is 1. The van der Waals surface area contributed by atoms with Gasteiger partial charge in [0.1, 0.15) is 0 Å². The standard InChI is InChI=1S/C13H19N3O2/c14-13(15-18)11-3-1-2-10(8-11)9-16-6-4-12(17)5-7-16/h1-3,8,12,17-18H,4-7,9H2,(H2,14,15). The molecule has 1 saturated heterocycles. The molecule has 1 heterocycles. The van der Waals surface area contributed by atoms with E-state index in [2.05, 4.69) is 10.1 Å². The van der Waals surface area contributed by atoms with Crippen LogP contribution in [0.4, 0.5) is 0 Å². The van der Waals surface area contributed by atoms with Gasteiger partial charge < -0.3 is 16.0 Å². The topological polar surface area (TPSA) is 82.1 Å². The molecule has 0 aliphatic carbocycles. The second-order valence-electron chi connectivity index (χ2n) is 4.69. The first kappa shape index (κ1) is 12.9. The van der Waals surface area contributed by atoms with Crippen molar-refractivity contribution in [3.05, 3.63) is 35.4 Å². The number of nitrogens with two attached hydrogens (primary N) is 1. The maximum Gasteiger partial charge on any atom is 0.170 e. The maximum absolute atomic E-state index is 9.46. The van der Waals surface area contributed by atoms with Gasteiger partial charge in [-0.25, -0.2) is 0 Å². The van der Waals surface area contributed by atoms with Gasteiger partial charge in [0.15, 0.2) is 5.84 Å². The predicted octanol–water partition coefficient (Wildman–Crippen LogP) is 0.738. The summed E-state index contributed by atoms with van der Waals surface area (Å²) in [4.78, 5) is 2.30. The van der Waals surface area contributed by atoms with Crippen LogP contribution in [0.2, 0.25) is 0 Å². The van der Waals surface area contributed by atoms with Crippen LogP contribution in [-0.2, 0) is 6.54 Å². The molecule has 18 heavy (non-hydrogen) atoms. The largest absolute Gasteiger partial charge is 0.409 e. The SMILES string of the molecule is N/C(=N\O)c1cccc(CN2CCC(O)CC2)c1. The number of aliphatic hydroxyl groups is 1. The second kappa shape index (κ2) is 5.84. The highest BCUT2D eigenvalue weighted by molar-refractivity contribution is 5.97. The quantitative estimate of drug-likeness (QED) is 0.319. The molecule has 1 aliphatic rings. The Morgan fingerprint density at radius 2 is 2.11 bits per heavy atom. The number of aliphatic hydroxyl groups excluding tert-OH is 1. The number of oxime groups is 1. The van der Waals surface area contributed by atoms with E-state index < -0.39 is 0 Å². The van der Waals surface area contributed by atoms with Crippen LogP contribution in [0.5, 0.6) is 0 Å². The Kier molecular flexibility index (Phi) is 4.17. The van der Waals surface area contributed by atoms with Crippen LogP contribution in [0.1, 0.15) is 24.0 Å². The van der Waals surface area contributed by atoms with Gasteiger partial charge in [-0.05, 0) is 24.5 Å². The minimum Gasteiger partial charge on any atom is -0.409 e. The summed E-state index contributed by atoms with van der Waals surface area (Å²) in [5, 5.41) is 21.1. The highest BCUT2D eigenvalue weighted by atomic mass is 16.4. The molecule has 0 aromatic heterocycles. The fourth-order valence-corrected chi connectivity index (χ4v) is 2.22. The lowest BCUT2D eigenvalue weighted by Gasteiger charge is -2.29. The van der Waals surface area contributed by atoms with Crippen molar-refractivity contribution in [1.82, 2.24) is 4.90 Å². The zero-order valence-electron chi connectivity index (χ0n) is 10.3. The molecule has 1 aromatic carbocycles. The third kappa shape index (κ3) is 3.21. The molecule has 4 N–H and O–H groups in total. The third-order valence-corrected chi connectivity index (χ3v) is 3.29. The Morgan fingerprint density at radius 1 is 1.39 bits per heavy atom. The predicted molar refractivity (Wildman–Crippen MR) is 69.5 cm³/mol. The maximum atomic E-state index is 9.46. The van der Waals surface area contributed by atoms with Crippen molar-refractivity contribution in [2.45, 2.75) is 25.5 Å². The van der Waals surface area contributed by atoms with Gasteiger partial charge in [0.05, 0.1) is 6.10 Å². The van der Waals surface area contributed by atoms with E-state index in [1.165, 1.54) is 0 Å². The zero-order valence-corrected chi connectivity index (χ0v) is 10.3. The van der Waals surface area contributed by atoms with Crippen LogP contribution in [-0.4, -0.2) is 40.2 Å². The summed E-state index contributed by atoms with van der Waals surface area (Å²) in [6.45, 7) is 2.66. The summed E-state index contributed by atoms with van der Waals surface area (Å²) >= 11 is 0. The van der Waals surface area contributed by atoms with Crippen molar-refractivity contribution < 1.29 is 10.3 Å².